The standard InChI is InChI=1S/C25H20F3NO4S2/c26-25(27,28)33-18-11-12-34-22(18)24(14-29-19(30)13-20(29)35-15-24)23(31)32-21(16-7-3-1-4-8-16)17-9-5-2-6-10-17/h1-12,20-21H,13-15H2/t20-,24?/m1/s1. The molecule has 0 saturated carbocycles. The quantitative estimate of drug-likeness (QED) is 0.317. The number of benzene rings is 2. The fourth-order valence-electron chi connectivity index (χ4n) is 4.35. The fourth-order valence-corrected chi connectivity index (χ4v) is 6.90. The van der Waals surface area contributed by atoms with E-state index in [1.54, 1.807) is 0 Å². The average molecular weight is 520 g/mol. The van der Waals surface area contributed by atoms with E-state index in [1.165, 1.54) is 28.1 Å². The summed E-state index contributed by atoms with van der Waals surface area (Å²) in [5, 5.41) is 1.36. The molecule has 1 aromatic heterocycles. The van der Waals surface area contributed by atoms with Crippen LogP contribution in [0.5, 0.6) is 5.75 Å². The van der Waals surface area contributed by atoms with Gasteiger partial charge in [-0.25, -0.2) is 0 Å². The summed E-state index contributed by atoms with van der Waals surface area (Å²) in [6.45, 7) is -0.0621. The van der Waals surface area contributed by atoms with Crippen molar-refractivity contribution >= 4 is 35.0 Å². The van der Waals surface area contributed by atoms with E-state index in [1.807, 2.05) is 60.7 Å². The van der Waals surface area contributed by atoms with Crippen molar-refractivity contribution in [2.75, 3.05) is 12.3 Å². The minimum Gasteiger partial charge on any atom is -0.452 e. The molecular formula is C25H20F3NO4S2. The number of nitrogens with zero attached hydrogens (tertiary/aromatic N) is 1. The maximum atomic E-state index is 14.0. The van der Waals surface area contributed by atoms with Gasteiger partial charge in [0, 0.05) is 12.3 Å². The van der Waals surface area contributed by atoms with Crippen LogP contribution in [0.25, 0.3) is 0 Å². The summed E-state index contributed by atoms with van der Waals surface area (Å²) in [5.74, 6) is -1.11. The molecule has 5 rings (SSSR count). The van der Waals surface area contributed by atoms with Crippen LogP contribution in [-0.4, -0.2) is 40.8 Å². The highest BCUT2D eigenvalue weighted by molar-refractivity contribution is 8.00. The first-order valence-corrected chi connectivity index (χ1v) is 12.8. The molecule has 2 aromatic carbocycles. The van der Waals surface area contributed by atoms with Crippen LogP contribution >= 0.6 is 23.1 Å². The van der Waals surface area contributed by atoms with Crippen LogP contribution in [0.2, 0.25) is 0 Å². The van der Waals surface area contributed by atoms with E-state index in [2.05, 4.69) is 4.74 Å². The second-order valence-corrected chi connectivity index (χ2v) is 10.4. The topological polar surface area (TPSA) is 55.8 Å². The SMILES string of the molecule is O=C1C[C@H]2SCC(C(=O)OC(c3ccccc3)c3ccccc3)(c3sccc3OC(F)(F)F)CN12. The van der Waals surface area contributed by atoms with E-state index in [4.69, 9.17) is 4.74 Å². The number of thioether (sulfide) groups is 1. The number of amides is 1. The Morgan fingerprint density at radius 2 is 1.66 bits per heavy atom. The van der Waals surface area contributed by atoms with E-state index in [0.29, 0.717) is 6.42 Å². The summed E-state index contributed by atoms with van der Waals surface area (Å²) in [6, 6.07) is 19.5. The van der Waals surface area contributed by atoms with Gasteiger partial charge in [-0.2, -0.15) is 0 Å². The number of β-lactam (4-membered cyclic amide) rings is 1. The van der Waals surface area contributed by atoms with E-state index in [0.717, 1.165) is 22.5 Å². The van der Waals surface area contributed by atoms with Crippen LogP contribution < -0.4 is 4.74 Å². The predicted octanol–water partition coefficient (Wildman–Crippen LogP) is 5.52. The number of ether oxygens (including phenoxy) is 2. The van der Waals surface area contributed by atoms with Crippen LogP contribution in [0.1, 0.15) is 28.5 Å². The number of hydrogen-bond donors (Lipinski definition) is 0. The first kappa shape index (κ1) is 23.7. The third kappa shape index (κ3) is 4.64. The second-order valence-electron chi connectivity index (χ2n) is 8.34. The number of rotatable bonds is 6. The number of fused-ring (bicyclic) bond motifs is 1. The van der Waals surface area contributed by atoms with Gasteiger partial charge in [0.25, 0.3) is 0 Å². The van der Waals surface area contributed by atoms with Crippen molar-refractivity contribution in [3.8, 4) is 5.75 Å². The zero-order chi connectivity index (χ0) is 24.6. The van der Waals surface area contributed by atoms with Crippen molar-refractivity contribution in [3.05, 3.63) is 88.1 Å². The first-order chi connectivity index (χ1) is 16.8. The van der Waals surface area contributed by atoms with Crippen LogP contribution in [0.4, 0.5) is 13.2 Å². The molecule has 1 amide bonds. The number of hydrogen-bond acceptors (Lipinski definition) is 6. The average Bonchev–Trinajstić information content (AvgIpc) is 3.30. The molecule has 0 aliphatic carbocycles. The highest BCUT2D eigenvalue weighted by Crippen LogP contribution is 2.49. The van der Waals surface area contributed by atoms with E-state index < -0.39 is 29.6 Å². The molecule has 1 unspecified atom stereocenters. The normalized spacial score (nSPS) is 21.9. The zero-order valence-corrected chi connectivity index (χ0v) is 19.9. The molecule has 2 aliphatic rings. The smallest absolute Gasteiger partial charge is 0.452 e. The van der Waals surface area contributed by atoms with Crippen LogP contribution in [0, 0.1) is 0 Å². The Bertz CT molecular complexity index is 1180. The Balaban J connectivity index is 1.55. The highest BCUT2D eigenvalue weighted by atomic mass is 32.2. The van der Waals surface area contributed by atoms with Gasteiger partial charge in [0.05, 0.1) is 16.7 Å². The molecular weight excluding hydrogens is 499 g/mol. The molecule has 182 valence electrons. The van der Waals surface area contributed by atoms with Gasteiger partial charge in [-0.1, -0.05) is 60.7 Å². The van der Waals surface area contributed by atoms with Crippen molar-refractivity contribution in [1.29, 1.82) is 0 Å². The van der Waals surface area contributed by atoms with Crippen molar-refractivity contribution < 1.29 is 32.2 Å². The molecule has 0 spiro atoms. The van der Waals surface area contributed by atoms with Crippen molar-refractivity contribution in [3.63, 3.8) is 0 Å². The van der Waals surface area contributed by atoms with Crippen LogP contribution in [0.3, 0.4) is 0 Å². The molecule has 3 aromatic rings. The lowest BCUT2D eigenvalue weighted by atomic mass is 9.85. The predicted molar refractivity (Wildman–Crippen MR) is 126 cm³/mol. The lowest BCUT2D eigenvalue weighted by Crippen LogP contribution is -2.63. The van der Waals surface area contributed by atoms with E-state index >= 15 is 0 Å². The van der Waals surface area contributed by atoms with Crippen molar-refractivity contribution in [2.24, 2.45) is 0 Å². The van der Waals surface area contributed by atoms with E-state index in [-0.39, 0.29) is 28.5 Å². The second kappa shape index (κ2) is 9.23. The fraction of sp³-hybridized carbons (Fsp3) is 0.280. The Hall–Kier alpha value is -2.98. The summed E-state index contributed by atoms with van der Waals surface area (Å²) >= 11 is 2.36. The van der Waals surface area contributed by atoms with Crippen LogP contribution in [-0.2, 0) is 19.7 Å². The number of halogens is 3. The minimum absolute atomic E-state index is 0.0621. The largest absolute Gasteiger partial charge is 0.573 e. The molecule has 3 heterocycles. The molecule has 2 atom stereocenters. The molecule has 0 radical (unpaired) electrons. The third-order valence-electron chi connectivity index (χ3n) is 6.09. The Labute approximate surface area is 207 Å². The third-order valence-corrected chi connectivity index (χ3v) is 8.65. The monoisotopic (exact) mass is 519 g/mol. The lowest BCUT2D eigenvalue weighted by Gasteiger charge is -2.50. The summed E-state index contributed by atoms with van der Waals surface area (Å²) in [6.07, 6.45) is -5.35. The van der Waals surface area contributed by atoms with Gasteiger partial charge < -0.3 is 14.4 Å². The number of thiophene rings is 1. The Morgan fingerprint density at radius 1 is 1.03 bits per heavy atom. The zero-order valence-electron chi connectivity index (χ0n) is 18.2. The maximum absolute atomic E-state index is 14.0. The first-order valence-electron chi connectivity index (χ1n) is 10.8. The van der Waals surface area contributed by atoms with Gasteiger partial charge in [0.2, 0.25) is 5.91 Å². The Kier molecular flexibility index (Phi) is 6.27. The summed E-state index contributed by atoms with van der Waals surface area (Å²) in [7, 11) is 0. The number of alkyl halides is 3. The molecule has 10 heteroatoms. The van der Waals surface area contributed by atoms with Gasteiger partial charge in [0.15, 0.2) is 6.10 Å². The molecule has 35 heavy (non-hydrogen) atoms. The molecule has 2 fully saturated rings. The summed E-state index contributed by atoms with van der Waals surface area (Å²) in [5.41, 5.74) is -0.0589. The Morgan fingerprint density at radius 3 is 2.23 bits per heavy atom. The van der Waals surface area contributed by atoms with Gasteiger partial charge in [0.1, 0.15) is 11.2 Å². The number of carbonyl (C=O) groups excluding carboxylic acids is 2. The van der Waals surface area contributed by atoms with Gasteiger partial charge in [-0.3, -0.25) is 9.59 Å². The summed E-state index contributed by atoms with van der Waals surface area (Å²) < 4.78 is 49.8. The van der Waals surface area contributed by atoms with Gasteiger partial charge in [-0.05, 0) is 22.6 Å². The molecule has 5 nitrogen and oxygen atoms in total. The minimum atomic E-state index is -4.92. The van der Waals surface area contributed by atoms with Gasteiger partial charge in [-0.15, -0.1) is 36.3 Å². The maximum Gasteiger partial charge on any atom is 0.573 e. The van der Waals surface area contributed by atoms with Crippen molar-refractivity contribution in [2.45, 2.75) is 29.7 Å². The number of esters is 1. The van der Waals surface area contributed by atoms with Crippen molar-refractivity contribution in [1.82, 2.24) is 4.90 Å². The van der Waals surface area contributed by atoms with Gasteiger partial charge >= 0.3 is 12.3 Å². The highest BCUT2D eigenvalue weighted by Gasteiger charge is 2.56. The molecule has 0 bridgehead atoms. The van der Waals surface area contributed by atoms with Crippen LogP contribution in [0.15, 0.2) is 72.1 Å². The lowest BCUT2D eigenvalue weighted by molar-refractivity contribution is -0.275. The molecule has 0 N–H and O–H groups in total. The summed E-state index contributed by atoms with van der Waals surface area (Å²) in [4.78, 5) is 27.9. The molecule has 2 aliphatic heterocycles. The molecule has 2 saturated heterocycles. The van der Waals surface area contributed by atoms with E-state index in [9.17, 15) is 22.8 Å². The number of carbonyl (C=O) groups is 2.